The number of carbonyl (C=O) groups is 1. The molecule has 1 amide bonds. The molecule has 0 aliphatic carbocycles. The predicted octanol–water partition coefficient (Wildman–Crippen LogP) is -5.88. The summed E-state index contributed by atoms with van der Waals surface area (Å²) in [6.07, 6.45) is -13.5. The molecular weight excluding hydrogens is 346 g/mol. The Kier molecular flexibility index (Phi) is 8.08. The van der Waals surface area contributed by atoms with Gasteiger partial charge in [-0.3, -0.25) is 4.79 Å². The van der Waals surface area contributed by atoms with Crippen molar-refractivity contribution in [2.45, 2.75) is 54.9 Å². The number of nitrogens with two attached hydrogens (primary N) is 1. The number of amides is 1. The maximum atomic E-state index is 11.0. The second-order valence-electron chi connectivity index (χ2n) is 5.88. The summed E-state index contributed by atoms with van der Waals surface area (Å²) in [5, 5.41) is 77.1. The summed E-state index contributed by atoms with van der Waals surface area (Å²) in [6.45, 7) is -2.00. The van der Waals surface area contributed by atoms with E-state index in [0.717, 1.165) is 0 Å². The first-order valence-corrected chi connectivity index (χ1v) is 7.50. The molecule has 0 aromatic rings. The number of hydrogen-bond donors (Lipinski definition) is 9. The molecule has 148 valence electrons. The molecular formula is C13H25NO11. The second kappa shape index (κ2) is 9.14. The molecule has 12 nitrogen and oxygen atoms in total. The van der Waals surface area contributed by atoms with E-state index in [1.54, 1.807) is 0 Å². The number of ether oxygens (including phenoxy) is 2. The van der Waals surface area contributed by atoms with Crippen LogP contribution in [-0.2, 0) is 14.3 Å². The average Bonchev–Trinajstić information content (AvgIpc) is 2.57. The Bertz CT molecular complexity index is 438. The molecule has 25 heavy (non-hydrogen) atoms. The van der Waals surface area contributed by atoms with Gasteiger partial charge >= 0.3 is 0 Å². The summed E-state index contributed by atoms with van der Waals surface area (Å²) in [5.41, 5.74) is 2.89. The highest BCUT2D eigenvalue weighted by Crippen LogP contribution is 2.29. The van der Waals surface area contributed by atoms with Crippen molar-refractivity contribution in [2.75, 3.05) is 19.8 Å². The minimum absolute atomic E-state index is 0.302. The molecule has 8 atom stereocenters. The van der Waals surface area contributed by atoms with Gasteiger partial charge in [-0.1, -0.05) is 0 Å². The van der Waals surface area contributed by atoms with Crippen LogP contribution in [0, 0.1) is 0 Å². The lowest BCUT2D eigenvalue weighted by Crippen LogP contribution is -2.63. The molecule has 1 aliphatic heterocycles. The lowest BCUT2D eigenvalue weighted by atomic mass is 9.88. The lowest BCUT2D eigenvalue weighted by Gasteiger charge is -2.44. The van der Waals surface area contributed by atoms with E-state index in [4.69, 9.17) is 25.4 Å². The van der Waals surface area contributed by atoms with Crippen LogP contribution in [0.3, 0.4) is 0 Å². The molecule has 1 heterocycles. The van der Waals surface area contributed by atoms with Gasteiger partial charge in [0, 0.05) is 13.0 Å². The van der Waals surface area contributed by atoms with Gasteiger partial charge < -0.3 is 56.1 Å². The molecule has 8 unspecified atom stereocenters. The highest BCUT2D eigenvalue weighted by atomic mass is 16.7. The zero-order valence-corrected chi connectivity index (χ0v) is 13.2. The van der Waals surface area contributed by atoms with E-state index in [-0.39, 0.29) is 6.42 Å². The van der Waals surface area contributed by atoms with Crippen LogP contribution in [0.5, 0.6) is 0 Å². The van der Waals surface area contributed by atoms with Gasteiger partial charge in [-0.25, -0.2) is 0 Å². The summed E-state index contributed by atoms with van der Waals surface area (Å²) < 4.78 is 10.1. The third-order valence-corrected chi connectivity index (χ3v) is 4.00. The smallest absolute Gasteiger partial charge is 0.249 e. The van der Waals surface area contributed by atoms with Gasteiger partial charge in [-0.05, 0) is 0 Å². The topological polar surface area (TPSA) is 223 Å². The van der Waals surface area contributed by atoms with Crippen LogP contribution in [0.4, 0.5) is 0 Å². The molecule has 0 bridgehead atoms. The molecule has 0 spiro atoms. The van der Waals surface area contributed by atoms with Gasteiger partial charge in [0.2, 0.25) is 5.91 Å². The van der Waals surface area contributed by atoms with E-state index in [0.29, 0.717) is 0 Å². The summed E-state index contributed by atoms with van der Waals surface area (Å²) >= 11 is 0. The molecule has 0 aromatic heterocycles. The fourth-order valence-electron chi connectivity index (χ4n) is 2.42. The second-order valence-corrected chi connectivity index (χ2v) is 5.88. The maximum absolute atomic E-state index is 11.0. The molecule has 1 aliphatic rings. The molecule has 1 saturated heterocycles. The maximum Gasteiger partial charge on any atom is 0.249 e. The lowest BCUT2D eigenvalue weighted by molar-refractivity contribution is -0.324. The van der Waals surface area contributed by atoms with Gasteiger partial charge in [-0.2, -0.15) is 0 Å². The fraction of sp³-hybridized carbons (Fsp3) is 0.923. The van der Waals surface area contributed by atoms with Crippen LogP contribution in [0.15, 0.2) is 0 Å². The Labute approximate surface area is 142 Å². The van der Waals surface area contributed by atoms with Crippen molar-refractivity contribution < 1.29 is 55.1 Å². The fourth-order valence-corrected chi connectivity index (χ4v) is 2.42. The molecule has 1 rings (SSSR count). The Balaban J connectivity index is 2.89. The van der Waals surface area contributed by atoms with Gasteiger partial charge in [0.1, 0.15) is 36.1 Å². The number of primary amides is 1. The number of rotatable bonds is 9. The zero-order valence-electron chi connectivity index (χ0n) is 13.2. The predicted molar refractivity (Wildman–Crippen MR) is 77.6 cm³/mol. The summed E-state index contributed by atoms with van der Waals surface area (Å²) in [5.74, 6) is -1.33. The summed E-state index contributed by atoms with van der Waals surface area (Å²) in [4.78, 5) is 11.0. The monoisotopic (exact) mass is 371 g/mol. The third kappa shape index (κ3) is 5.04. The first-order valence-electron chi connectivity index (χ1n) is 7.50. The molecule has 0 saturated carbocycles. The first kappa shape index (κ1) is 22.1. The minimum Gasteiger partial charge on any atom is -0.396 e. The van der Waals surface area contributed by atoms with Gasteiger partial charge in [0.15, 0.2) is 12.4 Å². The van der Waals surface area contributed by atoms with Crippen molar-refractivity contribution in [2.24, 2.45) is 5.73 Å². The summed E-state index contributed by atoms with van der Waals surface area (Å²) in [7, 11) is 0. The Hall–Kier alpha value is -0.930. The van der Waals surface area contributed by atoms with Crippen LogP contribution in [0.2, 0.25) is 0 Å². The van der Waals surface area contributed by atoms with E-state index >= 15 is 0 Å². The van der Waals surface area contributed by atoms with Crippen molar-refractivity contribution in [3.8, 4) is 0 Å². The van der Waals surface area contributed by atoms with E-state index in [9.17, 15) is 35.4 Å². The van der Waals surface area contributed by atoms with E-state index in [1.165, 1.54) is 0 Å². The SMILES string of the molecule is NC(=O)C(O)C(O)C(OC1OCC(O)(CCO)C(O)C1O)C(O)CO. The Morgan fingerprint density at radius 3 is 2.36 bits per heavy atom. The van der Waals surface area contributed by atoms with Crippen LogP contribution in [-0.4, -0.2) is 115 Å². The molecule has 0 aromatic carbocycles. The van der Waals surface area contributed by atoms with Crippen LogP contribution in [0.25, 0.3) is 0 Å². The van der Waals surface area contributed by atoms with Crippen molar-refractivity contribution in [3.05, 3.63) is 0 Å². The minimum atomic E-state index is -2.15. The van der Waals surface area contributed by atoms with Crippen LogP contribution < -0.4 is 5.73 Å². The molecule has 0 radical (unpaired) electrons. The van der Waals surface area contributed by atoms with Crippen molar-refractivity contribution >= 4 is 5.91 Å². The number of carbonyl (C=O) groups excluding carboxylic acids is 1. The Morgan fingerprint density at radius 1 is 1.28 bits per heavy atom. The van der Waals surface area contributed by atoms with Crippen molar-refractivity contribution in [1.82, 2.24) is 0 Å². The Morgan fingerprint density at radius 2 is 1.88 bits per heavy atom. The van der Waals surface area contributed by atoms with Crippen molar-refractivity contribution in [1.29, 1.82) is 0 Å². The van der Waals surface area contributed by atoms with Gasteiger partial charge in [-0.15, -0.1) is 0 Å². The highest BCUT2D eigenvalue weighted by molar-refractivity contribution is 5.79. The highest BCUT2D eigenvalue weighted by Gasteiger charge is 2.50. The van der Waals surface area contributed by atoms with Crippen LogP contribution >= 0.6 is 0 Å². The third-order valence-electron chi connectivity index (χ3n) is 4.00. The van der Waals surface area contributed by atoms with E-state index in [1.807, 2.05) is 0 Å². The average molecular weight is 371 g/mol. The van der Waals surface area contributed by atoms with Gasteiger partial charge in [0.05, 0.1) is 13.2 Å². The van der Waals surface area contributed by atoms with Crippen LogP contribution in [0.1, 0.15) is 6.42 Å². The number of aliphatic hydroxyl groups excluding tert-OH is 7. The van der Waals surface area contributed by atoms with Gasteiger partial charge in [0.25, 0.3) is 0 Å². The van der Waals surface area contributed by atoms with Crippen molar-refractivity contribution in [3.63, 3.8) is 0 Å². The normalized spacial score (nSPS) is 35.0. The first-order chi connectivity index (χ1) is 11.6. The summed E-state index contributed by atoms with van der Waals surface area (Å²) in [6, 6.07) is 0. The standard InChI is InChI=1S/C13H25NO11/c14-11(22)7(19)6(18)9(5(17)3-16)25-12-8(20)10(21)13(23,1-2-15)4-24-12/h5-10,12,15-21,23H,1-4H2,(H2,14,22). The molecule has 12 heteroatoms. The quantitative estimate of drug-likeness (QED) is 0.185. The molecule has 1 fully saturated rings. The van der Waals surface area contributed by atoms with E-state index in [2.05, 4.69) is 0 Å². The molecule has 10 N–H and O–H groups in total. The number of hydrogen-bond acceptors (Lipinski definition) is 11. The largest absolute Gasteiger partial charge is 0.396 e. The van der Waals surface area contributed by atoms with E-state index < -0.39 is 74.2 Å². The zero-order chi connectivity index (χ0) is 19.4. The number of aliphatic hydroxyl groups is 8.